The van der Waals surface area contributed by atoms with Gasteiger partial charge in [-0.3, -0.25) is 15.2 Å². The number of para-hydroxylation sites is 2. The number of carbonyl (C=O) groups excluding carboxylic acids is 1. The summed E-state index contributed by atoms with van der Waals surface area (Å²) in [5, 5.41) is 4.68. The van der Waals surface area contributed by atoms with E-state index in [-0.39, 0.29) is 18.4 Å². The third-order valence-corrected chi connectivity index (χ3v) is 4.68. The number of hydrazine groups is 1. The number of nitrogens with zero attached hydrogens (tertiary/aromatic N) is 3. The summed E-state index contributed by atoms with van der Waals surface area (Å²) in [4.78, 5) is 21.0. The molecule has 0 saturated heterocycles. The van der Waals surface area contributed by atoms with Crippen LogP contribution < -0.4 is 15.6 Å². The fraction of sp³-hybridized carbons (Fsp3) is 0.0435. The van der Waals surface area contributed by atoms with Gasteiger partial charge in [0.1, 0.15) is 17.9 Å². The molecule has 0 aliphatic carbocycles. The molecular formula is C23H17N5O4. The van der Waals surface area contributed by atoms with E-state index in [2.05, 4.69) is 26.0 Å². The average molecular weight is 427 g/mol. The first-order chi connectivity index (χ1) is 15.8. The first-order valence-corrected chi connectivity index (χ1v) is 9.76. The fourth-order valence-corrected chi connectivity index (χ4v) is 3.16. The van der Waals surface area contributed by atoms with Crippen molar-refractivity contribution in [2.75, 3.05) is 5.43 Å². The van der Waals surface area contributed by atoms with Crippen LogP contribution in [-0.4, -0.2) is 21.0 Å². The summed E-state index contributed by atoms with van der Waals surface area (Å²) in [5.41, 5.74) is 7.11. The van der Waals surface area contributed by atoms with Crippen LogP contribution in [0.15, 0.2) is 88.1 Å². The lowest BCUT2D eigenvalue weighted by Crippen LogP contribution is -2.30. The van der Waals surface area contributed by atoms with Crippen LogP contribution in [0.2, 0.25) is 0 Å². The molecule has 9 heteroatoms. The molecule has 5 aromatic rings. The third kappa shape index (κ3) is 3.99. The van der Waals surface area contributed by atoms with Gasteiger partial charge in [0.25, 0.3) is 0 Å². The van der Waals surface area contributed by atoms with Gasteiger partial charge in [0.15, 0.2) is 0 Å². The summed E-state index contributed by atoms with van der Waals surface area (Å²) in [6, 6.07) is 20.3. The number of anilines is 1. The Kier molecular flexibility index (Phi) is 5.19. The van der Waals surface area contributed by atoms with Crippen molar-refractivity contribution in [1.82, 2.24) is 20.6 Å². The number of amides is 1. The smallest absolute Gasteiger partial charge is 0.340 e. The summed E-state index contributed by atoms with van der Waals surface area (Å²) in [5.74, 6) is 0.682. The van der Waals surface area contributed by atoms with Crippen molar-refractivity contribution < 1.29 is 18.5 Å². The number of pyridine rings is 1. The van der Waals surface area contributed by atoms with Gasteiger partial charge in [0, 0.05) is 28.9 Å². The highest BCUT2D eigenvalue weighted by atomic mass is 16.5. The molecule has 0 radical (unpaired) electrons. The normalized spacial score (nSPS) is 10.8. The summed E-state index contributed by atoms with van der Waals surface area (Å²) in [7, 11) is 0. The summed E-state index contributed by atoms with van der Waals surface area (Å²) in [6.07, 6.45) is 3.25. The van der Waals surface area contributed by atoms with Gasteiger partial charge in [-0.15, -0.1) is 0 Å². The number of carbonyl (C=O) groups is 1. The lowest BCUT2D eigenvalue weighted by molar-refractivity contribution is 0.0932. The van der Waals surface area contributed by atoms with E-state index in [9.17, 15) is 4.79 Å². The van der Waals surface area contributed by atoms with Gasteiger partial charge in [-0.05, 0) is 30.3 Å². The Morgan fingerprint density at radius 2 is 1.75 bits per heavy atom. The minimum absolute atomic E-state index is 0.0309. The van der Waals surface area contributed by atoms with Gasteiger partial charge in [-0.1, -0.05) is 41.6 Å². The average Bonchev–Trinajstić information content (AvgIpc) is 3.47. The van der Waals surface area contributed by atoms with Crippen LogP contribution in [0, 0.1) is 0 Å². The SMILES string of the molecule is O=C(NNc1nc(-c2ccncc2)no1)c1oc2ccccc2c1COc1ccccc1. The molecule has 5 rings (SSSR count). The van der Waals surface area contributed by atoms with Gasteiger partial charge in [0.05, 0.1) is 0 Å². The van der Waals surface area contributed by atoms with Crippen LogP contribution >= 0.6 is 0 Å². The molecule has 1 amide bonds. The number of ether oxygens (including phenoxy) is 1. The van der Waals surface area contributed by atoms with Gasteiger partial charge < -0.3 is 13.7 Å². The summed E-state index contributed by atoms with van der Waals surface area (Å²) in [6.45, 7) is 0.163. The van der Waals surface area contributed by atoms with E-state index in [1.165, 1.54) is 0 Å². The third-order valence-electron chi connectivity index (χ3n) is 4.68. The zero-order valence-corrected chi connectivity index (χ0v) is 16.7. The molecule has 0 saturated carbocycles. The largest absolute Gasteiger partial charge is 0.489 e. The highest BCUT2D eigenvalue weighted by Gasteiger charge is 2.21. The Hall–Kier alpha value is -4.66. The monoisotopic (exact) mass is 427 g/mol. The molecule has 0 bridgehead atoms. The molecule has 0 spiro atoms. The topological polar surface area (TPSA) is 115 Å². The maximum absolute atomic E-state index is 12.9. The molecule has 2 N–H and O–H groups in total. The lowest BCUT2D eigenvalue weighted by Gasteiger charge is -2.07. The molecule has 3 aromatic heterocycles. The molecule has 0 unspecified atom stereocenters. The lowest BCUT2D eigenvalue weighted by atomic mass is 10.1. The van der Waals surface area contributed by atoms with E-state index in [1.54, 1.807) is 30.6 Å². The Bertz CT molecular complexity index is 1350. The molecule has 9 nitrogen and oxygen atoms in total. The quantitative estimate of drug-likeness (QED) is 0.371. The van der Waals surface area contributed by atoms with Crippen molar-refractivity contribution in [3.63, 3.8) is 0 Å². The molecule has 2 aromatic carbocycles. The van der Waals surface area contributed by atoms with Crippen molar-refractivity contribution in [3.8, 4) is 17.1 Å². The zero-order chi connectivity index (χ0) is 21.8. The van der Waals surface area contributed by atoms with Crippen LogP contribution in [-0.2, 0) is 6.61 Å². The number of nitrogens with one attached hydrogen (secondary N) is 2. The number of furan rings is 1. The van der Waals surface area contributed by atoms with E-state index in [1.807, 2.05) is 48.5 Å². The maximum atomic E-state index is 12.9. The maximum Gasteiger partial charge on any atom is 0.340 e. The molecule has 0 atom stereocenters. The molecule has 0 aliphatic heterocycles. The molecule has 158 valence electrons. The highest BCUT2D eigenvalue weighted by Crippen LogP contribution is 2.27. The van der Waals surface area contributed by atoms with Gasteiger partial charge in [0.2, 0.25) is 11.6 Å². The summed E-state index contributed by atoms with van der Waals surface area (Å²) < 4.78 is 16.8. The predicted octanol–water partition coefficient (Wildman–Crippen LogP) is 4.21. The van der Waals surface area contributed by atoms with Crippen molar-refractivity contribution in [3.05, 3.63) is 90.4 Å². The summed E-state index contributed by atoms with van der Waals surface area (Å²) >= 11 is 0. The van der Waals surface area contributed by atoms with Crippen LogP contribution in [0.3, 0.4) is 0 Å². The number of fused-ring (bicyclic) bond motifs is 1. The van der Waals surface area contributed by atoms with Crippen LogP contribution in [0.1, 0.15) is 16.1 Å². The second-order valence-electron chi connectivity index (χ2n) is 6.75. The second kappa shape index (κ2) is 8.60. The molecule has 0 aliphatic rings. The van der Waals surface area contributed by atoms with E-state index < -0.39 is 5.91 Å². The van der Waals surface area contributed by atoms with Gasteiger partial charge in [-0.2, -0.15) is 4.98 Å². The molecule has 3 heterocycles. The minimum atomic E-state index is -0.503. The van der Waals surface area contributed by atoms with Crippen molar-refractivity contribution in [2.24, 2.45) is 0 Å². The van der Waals surface area contributed by atoms with Crippen LogP contribution in [0.25, 0.3) is 22.4 Å². The Labute approximate surface area is 182 Å². The first-order valence-electron chi connectivity index (χ1n) is 9.76. The van der Waals surface area contributed by atoms with Crippen molar-refractivity contribution in [2.45, 2.75) is 6.61 Å². The van der Waals surface area contributed by atoms with Crippen molar-refractivity contribution >= 4 is 22.9 Å². The van der Waals surface area contributed by atoms with E-state index in [0.717, 1.165) is 10.9 Å². The van der Waals surface area contributed by atoms with Crippen LogP contribution in [0.4, 0.5) is 6.01 Å². The first kappa shape index (κ1) is 19.3. The van der Waals surface area contributed by atoms with Gasteiger partial charge in [-0.25, -0.2) is 5.43 Å². The van der Waals surface area contributed by atoms with Crippen molar-refractivity contribution in [1.29, 1.82) is 0 Å². The number of aromatic nitrogens is 3. The van der Waals surface area contributed by atoms with E-state index in [4.69, 9.17) is 13.7 Å². The van der Waals surface area contributed by atoms with Crippen LogP contribution in [0.5, 0.6) is 5.75 Å². The second-order valence-corrected chi connectivity index (χ2v) is 6.75. The van der Waals surface area contributed by atoms with E-state index >= 15 is 0 Å². The molecule has 0 fully saturated rings. The number of rotatable bonds is 7. The molecule has 32 heavy (non-hydrogen) atoms. The number of hydrogen-bond donors (Lipinski definition) is 2. The van der Waals surface area contributed by atoms with Gasteiger partial charge >= 0.3 is 11.9 Å². The Balaban J connectivity index is 1.33. The number of benzene rings is 2. The fourth-order valence-electron chi connectivity index (χ4n) is 3.16. The Morgan fingerprint density at radius 1 is 0.969 bits per heavy atom. The zero-order valence-electron chi connectivity index (χ0n) is 16.7. The molecular weight excluding hydrogens is 410 g/mol. The highest BCUT2D eigenvalue weighted by molar-refractivity contribution is 5.99. The number of hydrogen-bond acceptors (Lipinski definition) is 8. The Morgan fingerprint density at radius 3 is 2.59 bits per heavy atom. The van der Waals surface area contributed by atoms with E-state index in [0.29, 0.717) is 22.7 Å². The minimum Gasteiger partial charge on any atom is -0.489 e. The standard InChI is InChI=1S/C23H17N5O4/c29-22(26-27-23-25-21(28-32-23)15-10-12-24-13-11-15)20-18(14-30-16-6-2-1-3-7-16)17-8-4-5-9-19(17)31-20/h1-13H,14H2,(H,26,29)(H,25,27,28). The predicted molar refractivity (Wildman–Crippen MR) is 116 cm³/mol.